The lowest BCUT2D eigenvalue weighted by Gasteiger charge is -2.04. The maximum atomic E-state index is 11.4. The fraction of sp³-hybridized carbons (Fsp3) is 0.778. The van der Waals surface area contributed by atoms with E-state index in [1.54, 1.807) is 6.92 Å². The molecule has 0 radical (unpaired) electrons. The average Bonchev–Trinajstić information content (AvgIpc) is 2.99. The van der Waals surface area contributed by atoms with E-state index < -0.39 is 10.0 Å². The van der Waals surface area contributed by atoms with E-state index in [1.807, 2.05) is 0 Å². The zero-order valence-corrected chi connectivity index (χ0v) is 11.3. The summed E-state index contributed by atoms with van der Waals surface area (Å²) in [6.45, 7) is 2.54. The molecule has 1 aromatic heterocycles. The molecule has 1 aliphatic carbocycles. The molecule has 6 nitrogen and oxygen atoms in total. The number of hydrogen-bond donors (Lipinski definition) is 2. The predicted molar refractivity (Wildman–Crippen MR) is 67.8 cm³/mol. The number of rotatable bonds is 7. The van der Waals surface area contributed by atoms with Gasteiger partial charge < -0.3 is 5.32 Å². The van der Waals surface area contributed by atoms with Gasteiger partial charge in [0, 0.05) is 30.5 Å². The summed E-state index contributed by atoms with van der Waals surface area (Å²) in [6, 6.07) is 0. The summed E-state index contributed by atoms with van der Waals surface area (Å²) in [7, 11) is -3.16. The van der Waals surface area contributed by atoms with Crippen LogP contribution in [-0.2, 0) is 10.0 Å². The molecular formula is C9H16N4O2S2. The van der Waals surface area contributed by atoms with E-state index in [0.717, 1.165) is 5.82 Å². The number of aromatic nitrogens is 2. The number of nitrogens with one attached hydrogen (secondary N) is 2. The summed E-state index contributed by atoms with van der Waals surface area (Å²) < 4.78 is 29.4. The molecule has 0 amide bonds. The topological polar surface area (TPSA) is 84.0 Å². The summed E-state index contributed by atoms with van der Waals surface area (Å²) in [5.41, 5.74) is 0. The predicted octanol–water partition coefficient (Wildman–Crippen LogP) is 0.767. The Kier molecular flexibility index (Phi) is 3.95. The van der Waals surface area contributed by atoms with Crippen molar-refractivity contribution in [2.75, 3.05) is 24.2 Å². The molecule has 8 heteroatoms. The highest BCUT2D eigenvalue weighted by Crippen LogP contribution is 2.39. The Morgan fingerprint density at radius 3 is 2.88 bits per heavy atom. The number of hydrogen-bond acceptors (Lipinski definition) is 6. The molecule has 0 saturated heterocycles. The minimum Gasteiger partial charge on any atom is -0.359 e. The van der Waals surface area contributed by atoms with Gasteiger partial charge in [-0.15, -0.1) is 0 Å². The maximum absolute atomic E-state index is 11.4. The standard InChI is InChI=1S/C9H16N4O2S2/c1-2-11-17(14,15)6-5-10-9-12-8(13-16-9)7-3-4-7/h7,11H,2-6H2,1H3,(H,10,12,13). The van der Waals surface area contributed by atoms with Crippen LogP contribution in [0.15, 0.2) is 0 Å². The van der Waals surface area contributed by atoms with Gasteiger partial charge in [0.1, 0.15) is 5.82 Å². The summed E-state index contributed by atoms with van der Waals surface area (Å²) in [4.78, 5) is 4.32. The summed E-state index contributed by atoms with van der Waals surface area (Å²) in [6.07, 6.45) is 2.34. The molecule has 1 fully saturated rings. The van der Waals surface area contributed by atoms with Crippen LogP contribution in [0.3, 0.4) is 0 Å². The Labute approximate surface area is 105 Å². The molecule has 1 aromatic rings. The Morgan fingerprint density at radius 1 is 1.47 bits per heavy atom. The first-order valence-electron chi connectivity index (χ1n) is 5.65. The first-order valence-corrected chi connectivity index (χ1v) is 8.08. The molecule has 0 aliphatic heterocycles. The van der Waals surface area contributed by atoms with Crippen LogP contribution in [0.4, 0.5) is 5.13 Å². The van der Waals surface area contributed by atoms with Crippen LogP contribution in [0.1, 0.15) is 31.5 Å². The molecule has 0 unspecified atom stereocenters. The SMILES string of the molecule is CCNS(=O)(=O)CCNc1nc(C2CC2)ns1. The first kappa shape index (κ1) is 12.7. The summed E-state index contributed by atoms with van der Waals surface area (Å²) >= 11 is 1.29. The van der Waals surface area contributed by atoms with Crippen molar-refractivity contribution in [3.8, 4) is 0 Å². The van der Waals surface area contributed by atoms with E-state index in [1.165, 1.54) is 24.4 Å². The zero-order chi connectivity index (χ0) is 12.3. The van der Waals surface area contributed by atoms with E-state index >= 15 is 0 Å². The third kappa shape index (κ3) is 3.90. The largest absolute Gasteiger partial charge is 0.359 e. The van der Waals surface area contributed by atoms with Crippen molar-refractivity contribution in [1.82, 2.24) is 14.1 Å². The number of sulfonamides is 1. The van der Waals surface area contributed by atoms with Crippen molar-refractivity contribution in [3.63, 3.8) is 0 Å². The van der Waals surface area contributed by atoms with E-state index in [0.29, 0.717) is 24.1 Å². The molecule has 17 heavy (non-hydrogen) atoms. The molecule has 0 aromatic carbocycles. The fourth-order valence-electron chi connectivity index (χ4n) is 1.40. The lowest BCUT2D eigenvalue weighted by molar-refractivity contribution is 0.584. The van der Waals surface area contributed by atoms with Gasteiger partial charge in [0.2, 0.25) is 15.2 Å². The molecule has 0 bridgehead atoms. The van der Waals surface area contributed by atoms with E-state index in [9.17, 15) is 8.42 Å². The second kappa shape index (κ2) is 5.28. The van der Waals surface area contributed by atoms with Crippen LogP contribution in [0.2, 0.25) is 0 Å². The normalized spacial score (nSPS) is 16.1. The van der Waals surface area contributed by atoms with E-state index in [2.05, 4.69) is 19.4 Å². The minimum absolute atomic E-state index is 0.0547. The highest BCUT2D eigenvalue weighted by molar-refractivity contribution is 7.89. The van der Waals surface area contributed by atoms with Crippen molar-refractivity contribution in [1.29, 1.82) is 0 Å². The first-order chi connectivity index (χ1) is 8.11. The van der Waals surface area contributed by atoms with Gasteiger partial charge >= 0.3 is 0 Å². The molecule has 96 valence electrons. The lowest BCUT2D eigenvalue weighted by Crippen LogP contribution is -2.29. The van der Waals surface area contributed by atoms with Crippen LogP contribution in [0.25, 0.3) is 0 Å². The number of anilines is 1. The van der Waals surface area contributed by atoms with Crippen molar-refractivity contribution < 1.29 is 8.42 Å². The van der Waals surface area contributed by atoms with Crippen LogP contribution in [0.5, 0.6) is 0 Å². The smallest absolute Gasteiger partial charge is 0.213 e. The second-order valence-corrected chi connectivity index (χ2v) is 6.65. The molecule has 1 heterocycles. The van der Waals surface area contributed by atoms with Gasteiger partial charge in [-0.3, -0.25) is 0 Å². The Hall–Kier alpha value is -0.730. The van der Waals surface area contributed by atoms with E-state index in [4.69, 9.17) is 0 Å². The highest BCUT2D eigenvalue weighted by Gasteiger charge is 2.27. The van der Waals surface area contributed by atoms with Crippen LogP contribution in [-0.4, -0.2) is 36.6 Å². The maximum Gasteiger partial charge on any atom is 0.213 e. The van der Waals surface area contributed by atoms with Crippen LogP contribution in [0, 0.1) is 0 Å². The van der Waals surface area contributed by atoms with Crippen molar-refractivity contribution in [2.45, 2.75) is 25.7 Å². The van der Waals surface area contributed by atoms with Crippen LogP contribution < -0.4 is 10.0 Å². The molecule has 1 aliphatic rings. The van der Waals surface area contributed by atoms with Gasteiger partial charge in [-0.2, -0.15) is 4.37 Å². The second-order valence-electron chi connectivity index (χ2n) is 3.98. The van der Waals surface area contributed by atoms with E-state index in [-0.39, 0.29) is 5.75 Å². The monoisotopic (exact) mass is 276 g/mol. The molecular weight excluding hydrogens is 260 g/mol. The summed E-state index contributed by atoms with van der Waals surface area (Å²) in [5, 5.41) is 3.69. The highest BCUT2D eigenvalue weighted by atomic mass is 32.2. The molecule has 2 rings (SSSR count). The van der Waals surface area contributed by atoms with Crippen molar-refractivity contribution >= 4 is 26.7 Å². The summed E-state index contributed by atoms with van der Waals surface area (Å²) in [5.74, 6) is 1.48. The third-order valence-electron chi connectivity index (χ3n) is 2.40. The molecule has 1 saturated carbocycles. The third-order valence-corrected chi connectivity index (χ3v) is 4.55. The zero-order valence-electron chi connectivity index (χ0n) is 9.64. The number of nitrogens with zero attached hydrogens (tertiary/aromatic N) is 2. The minimum atomic E-state index is -3.16. The van der Waals surface area contributed by atoms with Gasteiger partial charge in [-0.25, -0.2) is 18.1 Å². The van der Waals surface area contributed by atoms with Crippen molar-refractivity contribution in [2.24, 2.45) is 0 Å². The molecule has 0 spiro atoms. The van der Waals surface area contributed by atoms with Crippen LogP contribution >= 0.6 is 11.5 Å². The molecule has 2 N–H and O–H groups in total. The van der Waals surface area contributed by atoms with Gasteiger partial charge in [0.15, 0.2) is 0 Å². The Morgan fingerprint density at radius 2 is 2.24 bits per heavy atom. The average molecular weight is 276 g/mol. The van der Waals surface area contributed by atoms with Gasteiger partial charge in [-0.05, 0) is 12.8 Å². The van der Waals surface area contributed by atoms with Gasteiger partial charge in [-0.1, -0.05) is 6.92 Å². The van der Waals surface area contributed by atoms with Gasteiger partial charge in [0.25, 0.3) is 0 Å². The molecule has 0 atom stereocenters. The fourth-order valence-corrected chi connectivity index (χ4v) is 3.02. The Bertz CT molecular complexity index is 467. The Balaban J connectivity index is 1.77. The lowest BCUT2D eigenvalue weighted by atomic mass is 10.4. The van der Waals surface area contributed by atoms with Gasteiger partial charge in [0.05, 0.1) is 5.75 Å². The quantitative estimate of drug-likeness (QED) is 0.768. The van der Waals surface area contributed by atoms with Crippen molar-refractivity contribution in [3.05, 3.63) is 5.82 Å².